The highest BCUT2D eigenvalue weighted by Crippen LogP contribution is 2.30. The summed E-state index contributed by atoms with van der Waals surface area (Å²) < 4.78 is 4.97. The van der Waals surface area contributed by atoms with Gasteiger partial charge in [0.1, 0.15) is 13.2 Å². The van der Waals surface area contributed by atoms with Crippen LogP contribution in [0, 0.1) is 5.92 Å². The first-order chi connectivity index (χ1) is 9.52. The van der Waals surface area contributed by atoms with E-state index in [0.29, 0.717) is 19.3 Å². The van der Waals surface area contributed by atoms with Gasteiger partial charge in [0.15, 0.2) is 0 Å². The number of amides is 2. The number of rotatable bonds is 3. The third kappa shape index (κ3) is 2.92. The number of nitrogens with one attached hydrogen (secondary N) is 1. The van der Waals surface area contributed by atoms with Crippen molar-refractivity contribution in [2.45, 2.75) is 31.3 Å². The summed E-state index contributed by atoms with van der Waals surface area (Å²) in [5, 5.41) is 11.8. The number of hydrogen-bond acceptors (Lipinski definition) is 4. The first-order valence-corrected chi connectivity index (χ1v) is 6.59. The van der Waals surface area contributed by atoms with E-state index in [2.05, 4.69) is 11.9 Å². The third-order valence-corrected chi connectivity index (χ3v) is 3.78. The van der Waals surface area contributed by atoms with Gasteiger partial charge in [-0.15, -0.1) is 0 Å². The maximum absolute atomic E-state index is 11.9. The predicted octanol–water partition coefficient (Wildman–Crippen LogP) is 0.363. The van der Waals surface area contributed by atoms with Gasteiger partial charge in [-0.1, -0.05) is 12.7 Å². The van der Waals surface area contributed by atoms with Crippen molar-refractivity contribution in [1.82, 2.24) is 10.2 Å². The Hall–Kier alpha value is -2.05. The van der Waals surface area contributed by atoms with Crippen LogP contribution < -0.4 is 5.32 Å². The maximum Gasteiger partial charge on any atom is 0.410 e. The van der Waals surface area contributed by atoms with Crippen molar-refractivity contribution in [3.63, 3.8) is 0 Å². The fourth-order valence-corrected chi connectivity index (χ4v) is 2.84. The lowest BCUT2D eigenvalue weighted by molar-refractivity contribution is -0.145. The van der Waals surface area contributed by atoms with E-state index in [0.717, 1.165) is 0 Å². The van der Waals surface area contributed by atoms with E-state index in [1.807, 2.05) is 0 Å². The van der Waals surface area contributed by atoms with E-state index in [1.165, 1.54) is 11.0 Å². The Kier molecular flexibility index (Phi) is 4.26. The minimum absolute atomic E-state index is 0.0467. The fourth-order valence-electron chi connectivity index (χ4n) is 2.84. The molecule has 2 aliphatic rings. The summed E-state index contributed by atoms with van der Waals surface area (Å²) in [7, 11) is 0. The van der Waals surface area contributed by atoms with Crippen molar-refractivity contribution in [2.75, 3.05) is 13.2 Å². The highest BCUT2D eigenvalue weighted by Gasteiger charge is 2.43. The molecule has 1 saturated heterocycles. The predicted molar refractivity (Wildman–Crippen MR) is 68.9 cm³/mol. The largest absolute Gasteiger partial charge is 0.481 e. The topological polar surface area (TPSA) is 95.9 Å². The van der Waals surface area contributed by atoms with Gasteiger partial charge in [0.05, 0.1) is 18.0 Å². The van der Waals surface area contributed by atoms with Gasteiger partial charge in [0, 0.05) is 0 Å². The van der Waals surface area contributed by atoms with Gasteiger partial charge in [0.2, 0.25) is 5.91 Å². The van der Waals surface area contributed by atoms with Crippen molar-refractivity contribution in [3.05, 3.63) is 12.7 Å². The minimum atomic E-state index is -0.857. The number of carboxylic acids is 1. The SMILES string of the molecule is C=CCOC(=O)N1CC(=O)NC2CC(C(=O)O)CCC21. The zero-order valence-electron chi connectivity index (χ0n) is 11.1. The molecule has 7 nitrogen and oxygen atoms in total. The Bertz CT molecular complexity index is 436. The number of piperazine rings is 1. The summed E-state index contributed by atoms with van der Waals surface area (Å²) in [6, 6.07) is -0.511. The van der Waals surface area contributed by atoms with Crippen LogP contribution in [-0.4, -0.2) is 53.2 Å². The molecular formula is C13H18N2O5. The van der Waals surface area contributed by atoms with Crippen LogP contribution in [0.4, 0.5) is 4.79 Å². The van der Waals surface area contributed by atoms with Crippen molar-refractivity contribution >= 4 is 18.0 Å². The summed E-state index contributed by atoms with van der Waals surface area (Å²) in [6.45, 7) is 3.51. The molecule has 1 saturated carbocycles. The second kappa shape index (κ2) is 5.94. The smallest absolute Gasteiger partial charge is 0.410 e. The van der Waals surface area contributed by atoms with Crippen molar-refractivity contribution in [2.24, 2.45) is 5.92 Å². The van der Waals surface area contributed by atoms with Crippen LogP contribution in [0.1, 0.15) is 19.3 Å². The first kappa shape index (κ1) is 14.4. The van der Waals surface area contributed by atoms with Gasteiger partial charge in [-0.25, -0.2) is 4.79 Å². The molecule has 1 aliphatic carbocycles. The monoisotopic (exact) mass is 282 g/mol. The molecule has 2 fully saturated rings. The highest BCUT2D eigenvalue weighted by atomic mass is 16.6. The molecule has 1 aliphatic heterocycles. The molecule has 0 bridgehead atoms. The molecule has 7 heteroatoms. The lowest BCUT2D eigenvalue weighted by Crippen LogP contribution is -2.64. The molecule has 0 spiro atoms. The van der Waals surface area contributed by atoms with Crippen LogP contribution >= 0.6 is 0 Å². The number of fused-ring (bicyclic) bond motifs is 1. The number of carbonyl (C=O) groups excluding carboxylic acids is 2. The summed E-state index contributed by atoms with van der Waals surface area (Å²) in [4.78, 5) is 36.0. The van der Waals surface area contributed by atoms with Crippen LogP contribution in [0.3, 0.4) is 0 Å². The third-order valence-electron chi connectivity index (χ3n) is 3.78. The standard InChI is InChI=1S/C13H18N2O5/c1-2-5-20-13(19)15-7-11(16)14-9-6-8(12(17)18)3-4-10(9)15/h2,8-10H,1,3-7H2,(H,14,16)(H,17,18). The van der Waals surface area contributed by atoms with E-state index in [1.54, 1.807) is 0 Å². The Morgan fingerprint density at radius 1 is 1.50 bits per heavy atom. The number of ether oxygens (including phenoxy) is 1. The van der Waals surface area contributed by atoms with E-state index in [9.17, 15) is 14.4 Å². The van der Waals surface area contributed by atoms with Gasteiger partial charge in [-0.2, -0.15) is 0 Å². The van der Waals surface area contributed by atoms with Crippen LogP contribution in [-0.2, 0) is 14.3 Å². The molecule has 1 heterocycles. The molecule has 2 rings (SSSR count). The number of hydrogen-bond donors (Lipinski definition) is 2. The van der Waals surface area contributed by atoms with Crippen molar-refractivity contribution < 1.29 is 24.2 Å². The zero-order valence-corrected chi connectivity index (χ0v) is 11.1. The fraction of sp³-hybridized carbons (Fsp3) is 0.615. The second-order valence-corrected chi connectivity index (χ2v) is 5.08. The van der Waals surface area contributed by atoms with E-state index in [-0.39, 0.29) is 31.1 Å². The Morgan fingerprint density at radius 2 is 2.25 bits per heavy atom. The Labute approximate surface area is 116 Å². The summed E-state index contributed by atoms with van der Waals surface area (Å²) in [6.07, 6.45) is 2.30. The molecule has 0 aromatic carbocycles. The van der Waals surface area contributed by atoms with Gasteiger partial charge in [-0.05, 0) is 19.3 Å². The van der Waals surface area contributed by atoms with Crippen molar-refractivity contribution in [1.29, 1.82) is 0 Å². The van der Waals surface area contributed by atoms with Gasteiger partial charge < -0.3 is 15.2 Å². The molecule has 110 valence electrons. The lowest BCUT2D eigenvalue weighted by Gasteiger charge is -2.44. The minimum Gasteiger partial charge on any atom is -0.481 e. The van der Waals surface area contributed by atoms with Crippen molar-refractivity contribution in [3.8, 4) is 0 Å². The quantitative estimate of drug-likeness (QED) is 0.729. The summed E-state index contributed by atoms with van der Waals surface area (Å²) in [5.74, 6) is -1.61. The van der Waals surface area contributed by atoms with Gasteiger partial charge in [-0.3, -0.25) is 14.5 Å². The van der Waals surface area contributed by atoms with Gasteiger partial charge in [0.25, 0.3) is 0 Å². The number of carbonyl (C=O) groups is 3. The zero-order chi connectivity index (χ0) is 14.7. The first-order valence-electron chi connectivity index (χ1n) is 6.59. The summed E-state index contributed by atoms with van der Waals surface area (Å²) >= 11 is 0. The van der Waals surface area contributed by atoms with Crippen LogP contribution in [0.25, 0.3) is 0 Å². The maximum atomic E-state index is 11.9. The second-order valence-electron chi connectivity index (χ2n) is 5.08. The molecule has 2 amide bonds. The van der Waals surface area contributed by atoms with Crippen LogP contribution in [0.5, 0.6) is 0 Å². The molecule has 20 heavy (non-hydrogen) atoms. The number of carboxylic acid groups (broad SMARTS) is 1. The van der Waals surface area contributed by atoms with E-state index >= 15 is 0 Å². The molecule has 3 atom stereocenters. The highest BCUT2D eigenvalue weighted by molar-refractivity contribution is 5.84. The van der Waals surface area contributed by atoms with Crippen LogP contribution in [0.15, 0.2) is 12.7 Å². The Balaban J connectivity index is 2.07. The van der Waals surface area contributed by atoms with Gasteiger partial charge >= 0.3 is 12.1 Å². The Morgan fingerprint density at radius 3 is 2.90 bits per heavy atom. The molecule has 0 aromatic heterocycles. The molecule has 0 radical (unpaired) electrons. The molecule has 3 unspecified atom stereocenters. The average Bonchev–Trinajstić information content (AvgIpc) is 2.42. The number of aliphatic carboxylic acids is 1. The van der Waals surface area contributed by atoms with E-state index < -0.39 is 18.0 Å². The number of nitrogens with zero attached hydrogens (tertiary/aromatic N) is 1. The normalized spacial score (nSPS) is 29.1. The molecule has 0 aromatic rings. The lowest BCUT2D eigenvalue weighted by atomic mass is 9.80. The van der Waals surface area contributed by atoms with Crippen LogP contribution in [0.2, 0.25) is 0 Å². The average molecular weight is 282 g/mol. The molecule has 2 N–H and O–H groups in total. The summed E-state index contributed by atoms with van der Waals surface area (Å²) in [5.41, 5.74) is 0. The molecular weight excluding hydrogens is 264 g/mol. The van der Waals surface area contributed by atoms with E-state index in [4.69, 9.17) is 9.84 Å².